The molecule has 0 amide bonds. The summed E-state index contributed by atoms with van der Waals surface area (Å²) in [6.45, 7) is 7.76. The van der Waals surface area contributed by atoms with Crippen molar-refractivity contribution in [1.82, 2.24) is 15.5 Å². The molecule has 4 saturated carbocycles. The molecular weight excluding hydrogens is 278 g/mol. The van der Waals surface area contributed by atoms with Crippen molar-refractivity contribution in [2.75, 3.05) is 0 Å². The topological polar surface area (TPSA) is 37.8 Å². The minimum Gasteiger partial charge on any atom is -0.308 e. The molecule has 0 spiro atoms. The molecule has 4 aliphatic carbocycles. The van der Waals surface area contributed by atoms with E-state index in [0.717, 1.165) is 18.4 Å². The van der Waals surface area contributed by atoms with E-state index < -0.39 is 0 Å². The zero-order valence-electron chi connectivity index (χ0n) is 13.5. The summed E-state index contributed by atoms with van der Waals surface area (Å²) in [7, 11) is 0. The summed E-state index contributed by atoms with van der Waals surface area (Å²) in [6.07, 6.45) is 8.53. The molecule has 3 nitrogen and oxygen atoms in total. The summed E-state index contributed by atoms with van der Waals surface area (Å²) < 4.78 is 0. The summed E-state index contributed by atoms with van der Waals surface area (Å²) in [6, 6.07) is 0.510. The molecule has 2 atom stereocenters. The second-order valence-electron chi connectivity index (χ2n) is 8.59. The number of rotatable bonds is 4. The Morgan fingerprint density at radius 1 is 1.19 bits per heavy atom. The molecule has 1 heterocycles. The van der Waals surface area contributed by atoms with E-state index in [2.05, 4.69) is 36.3 Å². The van der Waals surface area contributed by atoms with Crippen molar-refractivity contribution in [3.8, 4) is 0 Å². The smallest absolute Gasteiger partial charge is 0.131 e. The van der Waals surface area contributed by atoms with Crippen molar-refractivity contribution in [1.29, 1.82) is 0 Å². The van der Waals surface area contributed by atoms with Crippen LogP contribution in [0.15, 0.2) is 0 Å². The van der Waals surface area contributed by atoms with Gasteiger partial charge in [0.15, 0.2) is 0 Å². The SMILES string of the molecule is CC(C)NCc1nnc(C23CC4CC(CC(C)(C4)C2)C3)s1. The molecule has 4 aliphatic rings. The van der Waals surface area contributed by atoms with E-state index in [4.69, 9.17) is 0 Å². The van der Waals surface area contributed by atoms with Gasteiger partial charge in [0.25, 0.3) is 0 Å². The highest BCUT2D eigenvalue weighted by Gasteiger charge is 2.57. The Balaban J connectivity index is 1.58. The predicted molar refractivity (Wildman–Crippen MR) is 86.4 cm³/mol. The number of aromatic nitrogens is 2. The summed E-state index contributed by atoms with van der Waals surface area (Å²) in [5, 5.41) is 15.1. The van der Waals surface area contributed by atoms with E-state index in [-0.39, 0.29) is 0 Å². The Labute approximate surface area is 131 Å². The molecule has 1 N–H and O–H groups in total. The lowest BCUT2D eigenvalue weighted by atomic mass is 9.45. The van der Waals surface area contributed by atoms with E-state index >= 15 is 0 Å². The van der Waals surface area contributed by atoms with E-state index in [1.165, 1.54) is 48.5 Å². The van der Waals surface area contributed by atoms with Gasteiger partial charge in [0.1, 0.15) is 10.0 Å². The van der Waals surface area contributed by atoms with Gasteiger partial charge in [0.05, 0.1) is 0 Å². The maximum absolute atomic E-state index is 4.64. The van der Waals surface area contributed by atoms with E-state index in [9.17, 15) is 0 Å². The zero-order valence-corrected chi connectivity index (χ0v) is 14.3. The number of hydrogen-bond donors (Lipinski definition) is 1. The van der Waals surface area contributed by atoms with Gasteiger partial charge in [-0.1, -0.05) is 32.1 Å². The summed E-state index contributed by atoms with van der Waals surface area (Å²) >= 11 is 1.88. The first kappa shape index (κ1) is 14.1. The third kappa shape index (κ3) is 2.44. The van der Waals surface area contributed by atoms with Gasteiger partial charge in [0, 0.05) is 18.0 Å². The maximum atomic E-state index is 4.64. The van der Waals surface area contributed by atoms with Crippen LogP contribution in [0.25, 0.3) is 0 Å². The average Bonchev–Trinajstić information content (AvgIpc) is 2.82. The van der Waals surface area contributed by atoms with Crippen LogP contribution in [0.4, 0.5) is 0 Å². The Bertz CT molecular complexity index is 522. The average molecular weight is 305 g/mol. The first-order chi connectivity index (χ1) is 9.96. The first-order valence-corrected chi connectivity index (χ1v) is 9.34. The number of nitrogens with one attached hydrogen (secondary N) is 1. The van der Waals surface area contributed by atoms with Crippen LogP contribution in [0.2, 0.25) is 0 Å². The van der Waals surface area contributed by atoms with Gasteiger partial charge in [-0.15, -0.1) is 10.2 Å². The minimum atomic E-state index is 0.382. The maximum Gasteiger partial charge on any atom is 0.131 e. The Hall–Kier alpha value is -0.480. The van der Waals surface area contributed by atoms with Crippen molar-refractivity contribution in [2.45, 2.75) is 77.3 Å². The van der Waals surface area contributed by atoms with Crippen LogP contribution in [-0.4, -0.2) is 16.2 Å². The van der Waals surface area contributed by atoms with Gasteiger partial charge < -0.3 is 5.32 Å². The molecule has 0 aliphatic heterocycles. The van der Waals surface area contributed by atoms with Crippen LogP contribution < -0.4 is 5.32 Å². The quantitative estimate of drug-likeness (QED) is 0.917. The minimum absolute atomic E-state index is 0.382. The lowest BCUT2D eigenvalue weighted by molar-refractivity contribution is -0.0618. The van der Waals surface area contributed by atoms with Crippen LogP contribution in [-0.2, 0) is 12.0 Å². The fourth-order valence-electron chi connectivity index (χ4n) is 5.80. The molecule has 2 unspecified atom stereocenters. The normalized spacial score (nSPS) is 41.1. The first-order valence-electron chi connectivity index (χ1n) is 8.53. The van der Waals surface area contributed by atoms with Crippen molar-refractivity contribution in [3.05, 3.63) is 10.0 Å². The van der Waals surface area contributed by atoms with Crippen molar-refractivity contribution in [3.63, 3.8) is 0 Å². The van der Waals surface area contributed by atoms with Crippen LogP contribution in [0.1, 0.15) is 69.3 Å². The third-order valence-electron chi connectivity index (χ3n) is 5.94. The highest BCUT2D eigenvalue weighted by Crippen LogP contribution is 2.65. The fraction of sp³-hybridized carbons (Fsp3) is 0.882. The monoisotopic (exact) mass is 305 g/mol. The van der Waals surface area contributed by atoms with E-state index in [0.29, 0.717) is 16.9 Å². The fourth-order valence-corrected chi connectivity index (χ4v) is 6.80. The second-order valence-corrected chi connectivity index (χ2v) is 9.65. The van der Waals surface area contributed by atoms with Gasteiger partial charge in [-0.05, 0) is 55.8 Å². The molecule has 0 radical (unpaired) electrons. The number of nitrogens with zero attached hydrogens (tertiary/aromatic N) is 2. The predicted octanol–water partition coefficient (Wildman–Crippen LogP) is 3.89. The van der Waals surface area contributed by atoms with Crippen molar-refractivity contribution in [2.24, 2.45) is 17.3 Å². The Morgan fingerprint density at radius 3 is 2.52 bits per heavy atom. The molecule has 1 aromatic rings. The van der Waals surface area contributed by atoms with Crippen LogP contribution >= 0.6 is 11.3 Å². The van der Waals surface area contributed by atoms with E-state index in [1.54, 1.807) is 0 Å². The molecule has 4 fully saturated rings. The van der Waals surface area contributed by atoms with Crippen molar-refractivity contribution < 1.29 is 0 Å². The molecule has 116 valence electrons. The van der Waals surface area contributed by atoms with Gasteiger partial charge in [0.2, 0.25) is 0 Å². The largest absolute Gasteiger partial charge is 0.308 e. The van der Waals surface area contributed by atoms with Gasteiger partial charge >= 0.3 is 0 Å². The standard InChI is InChI=1S/C17H27N3S/c1-11(2)18-9-14-19-20-15(21-14)17-7-12-4-13(8-17)6-16(3,5-12)10-17/h11-13,18H,4-10H2,1-3H3. The molecule has 5 rings (SSSR count). The third-order valence-corrected chi connectivity index (χ3v) is 7.11. The molecule has 0 saturated heterocycles. The molecule has 0 aromatic carbocycles. The lowest BCUT2D eigenvalue weighted by Crippen LogP contribution is -2.52. The molecule has 4 heteroatoms. The second kappa shape index (κ2) is 4.76. The van der Waals surface area contributed by atoms with Crippen LogP contribution in [0, 0.1) is 17.3 Å². The highest BCUT2D eigenvalue weighted by molar-refractivity contribution is 7.11. The summed E-state index contributed by atoms with van der Waals surface area (Å²) in [5.74, 6) is 1.91. The Morgan fingerprint density at radius 2 is 1.90 bits per heavy atom. The van der Waals surface area contributed by atoms with E-state index in [1.807, 2.05) is 11.3 Å². The summed E-state index contributed by atoms with van der Waals surface area (Å²) in [4.78, 5) is 0. The highest BCUT2D eigenvalue weighted by atomic mass is 32.1. The Kier molecular flexibility index (Phi) is 3.20. The van der Waals surface area contributed by atoms with Gasteiger partial charge in [-0.3, -0.25) is 0 Å². The molecule has 4 bridgehead atoms. The molecular formula is C17H27N3S. The van der Waals surface area contributed by atoms with Crippen molar-refractivity contribution >= 4 is 11.3 Å². The lowest BCUT2D eigenvalue weighted by Gasteiger charge is -2.60. The van der Waals surface area contributed by atoms with Crippen LogP contribution in [0.5, 0.6) is 0 Å². The van der Waals surface area contributed by atoms with Crippen LogP contribution in [0.3, 0.4) is 0 Å². The van der Waals surface area contributed by atoms with Gasteiger partial charge in [-0.25, -0.2) is 0 Å². The summed E-state index contributed by atoms with van der Waals surface area (Å²) in [5.41, 5.74) is 0.971. The zero-order chi connectivity index (χ0) is 14.7. The van der Waals surface area contributed by atoms with Gasteiger partial charge in [-0.2, -0.15) is 0 Å². The molecule has 21 heavy (non-hydrogen) atoms. The number of hydrogen-bond acceptors (Lipinski definition) is 4. The molecule has 1 aromatic heterocycles.